The van der Waals surface area contributed by atoms with Crippen molar-refractivity contribution in [2.24, 2.45) is 4.99 Å². The molecule has 0 radical (unpaired) electrons. The third-order valence-corrected chi connectivity index (χ3v) is 6.30. The van der Waals surface area contributed by atoms with Crippen LogP contribution in [0.5, 0.6) is 10.9 Å². The van der Waals surface area contributed by atoms with Crippen LogP contribution in [0.2, 0.25) is 0 Å². The monoisotopic (exact) mass is 537 g/mol. The number of nitrogens with zero attached hydrogens (tertiary/aromatic N) is 4. The number of hydrogen-bond acceptors (Lipinski definition) is 8. The number of carbonyl (C=O) groups excluding carboxylic acids is 3. The molecule has 3 rings (SSSR count). The van der Waals surface area contributed by atoms with Gasteiger partial charge in [-0.2, -0.15) is 0 Å². The molecule has 0 bridgehead atoms. The quantitative estimate of drug-likeness (QED) is 0.181. The second kappa shape index (κ2) is 13.3. The maximum atomic E-state index is 13.0. The first-order valence-electron chi connectivity index (χ1n) is 11.9. The molecule has 0 saturated heterocycles. The van der Waals surface area contributed by atoms with Crippen LogP contribution in [0.3, 0.4) is 0 Å². The van der Waals surface area contributed by atoms with Gasteiger partial charge in [-0.15, -0.1) is 0 Å². The van der Waals surface area contributed by atoms with Crippen molar-refractivity contribution in [3.8, 4) is 10.9 Å². The van der Waals surface area contributed by atoms with E-state index in [1.54, 1.807) is 49.3 Å². The van der Waals surface area contributed by atoms with Gasteiger partial charge in [-0.25, -0.2) is 14.8 Å². The number of aliphatic imine (C=N–C) groups is 1. The van der Waals surface area contributed by atoms with Crippen molar-refractivity contribution in [2.75, 3.05) is 14.2 Å². The molecule has 0 aliphatic rings. The van der Waals surface area contributed by atoms with Crippen molar-refractivity contribution >= 4 is 41.4 Å². The summed E-state index contributed by atoms with van der Waals surface area (Å²) < 4.78 is 10.4. The van der Waals surface area contributed by atoms with E-state index in [1.165, 1.54) is 18.4 Å². The first-order valence-corrected chi connectivity index (χ1v) is 12.7. The number of thiazole rings is 1. The summed E-state index contributed by atoms with van der Waals surface area (Å²) >= 11 is 1.44. The Balaban J connectivity index is 1.83. The first kappa shape index (κ1) is 28.3. The molecule has 38 heavy (non-hydrogen) atoms. The highest BCUT2D eigenvalue weighted by Gasteiger charge is 2.24. The van der Waals surface area contributed by atoms with Gasteiger partial charge in [0, 0.05) is 30.7 Å². The lowest BCUT2D eigenvalue weighted by Crippen LogP contribution is -2.50. The Labute approximate surface area is 225 Å². The van der Waals surface area contributed by atoms with Gasteiger partial charge in [0.05, 0.1) is 19.2 Å². The lowest BCUT2D eigenvalue weighted by atomic mass is 10.1. The Morgan fingerprint density at radius 3 is 2.39 bits per heavy atom. The van der Waals surface area contributed by atoms with Gasteiger partial charge in [0.25, 0.3) is 5.19 Å². The summed E-state index contributed by atoms with van der Waals surface area (Å²) in [5.74, 6) is 0.287. The molecule has 10 nitrogen and oxygen atoms in total. The molecule has 0 unspecified atom stereocenters. The number of aryl methyl sites for hydroxylation is 2. The number of esters is 1. The number of benzene rings is 2. The van der Waals surface area contributed by atoms with Gasteiger partial charge < -0.3 is 14.4 Å². The van der Waals surface area contributed by atoms with E-state index in [0.29, 0.717) is 29.6 Å². The fourth-order valence-corrected chi connectivity index (χ4v) is 4.00. The number of methoxy groups -OCH3 is 1. The predicted molar refractivity (Wildman–Crippen MR) is 146 cm³/mol. The van der Waals surface area contributed by atoms with Crippen LogP contribution in [0.1, 0.15) is 29.3 Å². The molecule has 0 saturated carbocycles. The number of ether oxygens (including phenoxy) is 2. The average Bonchev–Trinajstić information content (AvgIpc) is 3.30. The lowest BCUT2D eigenvalue weighted by Gasteiger charge is -2.26. The van der Waals surface area contributed by atoms with Gasteiger partial charge in [0.2, 0.25) is 12.4 Å². The highest BCUT2D eigenvalue weighted by atomic mass is 32.1. The summed E-state index contributed by atoms with van der Waals surface area (Å²) in [6.45, 7) is 5.99. The van der Waals surface area contributed by atoms with Crippen LogP contribution in [-0.4, -0.2) is 59.4 Å². The van der Waals surface area contributed by atoms with Crippen LogP contribution in [-0.2, 0) is 20.9 Å². The van der Waals surface area contributed by atoms with Crippen molar-refractivity contribution in [1.82, 2.24) is 20.1 Å². The zero-order valence-electron chi connectivity index (χ0n) is 22.0. The molecule has 3 aromatic rings. The van der Waals surface area contributed by atoms with Crippen molar-refractivity contribution in [2.45, 2.75) is 39.8 Å². The Morgan fingerprint density at radius 2 is 1.82 bits per heavy atom. The Hall–Kier alpha value is -4.25. The number of rotatable bonds is 9. The number of hydrogen-bond donors (Lipinski definition) is 1. The molecule has 2 aromatic carbocycles. The fraction of sp³-hybridized carbons (Fsp3) is 0.296. The van der Waals surface area contributed by atoms with Crippen molar-refractivity contribution < 1.29 is 23.9 Å². The second-order valence-electron chi connectivity index (χ2n) is 8.68. The van der Waals surface area contributed by atoms with Crippen LogP contribution >= 0.6 is 11.3 Å². The summed E-state index contributed by atoms with van der Waals surface area (Å²) in [4.78, 5) is 49.0. The molecule has 0 spiro atoms. The van der Waals surface area contributed by atoms with Gasteiger partial charge >= 0.3 is 12.0 Å². The number of carbonyl (C=O) groups is 3. The van der Waals surface area contributed by atoms with Crippen molar-refractivity contribution in [1.29, 1.82) is 0 Å². The summed E-state index contributed by atoms with van der Waals surface area (Å²) in [5.41, 5.74) is 2.70. The molecule has 1 aromatic heterocycles. The summed E-state index contributed by atoms with van der Waals surface area (Å²) in [6, 6.07) is 13.6. The third kappa shape index (κ3) is 8.13. The van der Waals surface area contributed by atoms with E-state index in [2.05, 4.69) is 20.0 Å². The summed E-state index contributed by atoms with van der Waals surface area (Å²) in [7, 11) is 3.03. The molecule has 1 heterocycles. The topological polar surface area (TPSA) is 113 Å². The third-order valence-electron chi connectivity index (χ3n) is 5.51. The molecule has 200 valence electrons. The molecular formula is C27H31N5O5S. The minimum Gasteiger partial charge on any atom is -0.469 e. The molecule has 11 heteroatoms. The maximum Gasteiger partial charge on any atom is 0.330 e. The molecule has 0 aliphatic heterocycles. The molecule has 0 fully saturated rings. The number of nitrogens with one attached hydrogen (secondary N) is 1. The van der Waals surface area contributed by atoms with Crippen LogP contribution in [0.4, 0.5) is 10.5 Å². The summed E-state index contributed by atoms with van der Waals surface area (Å²) in [5, 5.41) is 3.26. The SMILES string of the molecule is COC(=O)C[C@H](C)N(C=O)C(=O)NC(=Nc1ccc(Oc2ncc(C)s2)cc1)N(C)Cc1ccc(C)cc1. The number of amides is 3. The highest BCUT2D eigenvalue weighted by molar-refractivity contribution is 7.13. The van der Waals surface area contributed by atoms with E-state index in [-0.39, 0.29) is 12.4 Å². The van der Waals surface area contributed by atoms with Crippen molar-refractivity contribution in [3.05, 3.63) is 70.7 Å². The summed E-state index contributed by atoms with van der Waals surface area (Å²) in [6.07, 6.45) is 1.99. The van der Waals surface area contributed by atoms with Gasteiger partial charge in [-0.1, -0.05) is 41.2 Å². The minimum atomic E-state index is -0.718. The smallest absolute Gasteiger partial charge is 0.330 e. The minimum absolute atomic E-state index is 0.131. The standard InChI is InChI=1S/C27H31N5O5S/c1-18-6-8-21(9-7-18)16-31(4)25(30-26(35)32(17-33)19(2)14-24(34)36-5)29-22-10-12-23(13-11-22)37-27-28-15-20(3)38-27/h6-13,15,17,19H,14,16H2,1-5H3,(H,29,30,35)/t19-/m0/s1. The molecule has 1 N–H and O–H groups in total. The lowest BCUT2D eigenvalue weighted by molar-refractivity contribution is -0.141. The van der Waals surface area contributed by atoms with Gasteiger partial charge in [-0.05, 0) is 50.6 Å². The van der Waals surface area contributed by atoms with Crippen LogP contribution in [0.25, 0.3) is 0 Å². The van der Waals surface area contributed by atoms with E-state index in [9.17, 15) is 14.4 Å². The van der Waals surface area contributed by atoms with E-state index in [1.807, 2.05) is 38.1 Å². The van der Waals surface area contributed by atoms with E-state index in [4.69, 9.17) is 4.74 Å². The van der Waals surface area contributed by atoms with Crippen LogP contribution < -0.4 is 10.1 Å². The first-order chi connectivity index (χ1) is 18.2. The van der Waals surface area contributed by atoms with Gasteiger partial charge in [0.1, 0.15) is 5.75 Å². The number of guanidine groups is 1. The van der Waals surface area contributed by atoms with Crippen LogP contribution in [0.15, 0.2) is 59.7 Å². The number of imide groups is 1. The second-order valence-corrected chi connectivity index (χ2v) is 9.88. The Kier molecular flexibility index (Phi) is 9.94. The molecular weight excluding hydrogens is 506 g/mol. The normalized spacial score (nSPS) is 11.9. The average molecular weight is 538 g/mol. The zero-order chi connectivity index (χ0) is 27.7. The molecule has 1 atom stereocenters. The van der Waals surface area contributed by atoms with Gasteiger partial charge in [0.15, 0.2) is 0 Å². The molecule has 0 aliphatic carbocycles. The fourth-order valence-electron chi connectivity index (χ4n) is 3.38. The Bertz CT molecular complexity index is 1270. The van der Waals surface area contributed by atoms with Gasteiger partial charge in [-0.3, -0.25) is 19.8 Å². The maximum absolute atomic E-state index is 13.0. The van der Waals surface area contributed by atoms with E-state index < -0.39 is 18.0 Å². The number of aromatic nitrogens is 1. The van der Waals surface area contributed by atoms with E-state index >= 15 is 0 Å². The Morgan fingerprint density at radius 1 is 1.13 bits per heavy atom. The van der Waals surface area contributed by atoms with Crippen LogP contribution in [0, 0.1) is 13.8 Å². The predicted octanol–water partition coefficient (Wildman–Crippen LogP) is 4.79. The number of urea groups is 1. The van der Waals surface area contributed by atoms with Crippen molar-refractivity contribution in [3.63, 3.8) is 0 Å². The largest absolute Gasteiger partial charge is 0.469 e. The van der Waals surface area contributed by atoms with E-state index in [0.717, 1.165) is 20.9 Å². The molecule has 3 amide bonds. The highest BCUT2D eigenvalue weighted by Crippen LogP contribution is 2.27. The zero-order valence-corrected chi connectivity index (χ0v) is 22.8.